The molecule has 1 N–H and O–H groups in total. The van der Waals surface area contributed by atoms with E-state index in [0.717, 1.165) is 48.2 Å². The zero-order valence-electron chi connectivity index (χ0n) is 17.0. The number of benzene rings is 2. The number of hydrogen-bond acceptors (Lipinski definition) is 4. The number of H-pyrrole nitrogens is 1. The van der Waals surface area contributed by atoms with Gasteiger partial charge in [-0.05, 0) is 61.9 Å². The molecule has 2 aliphatic rings. The minimum absolute atomic E-state index is 0.108. The summed E-state index contributed by atoms with van der Waals surface area (Å²) in [6.07, 6.45) is 5.56. The highest BCUT2D eigenvalue weighted by molar-refractivity contribution is 6.44. The lowest BCUT2D eigenvalue weighted by molar-refractivity contribution is -0.135. The number of nitrogens with one attached hydrogen (secondary N) is 1. The SMILES string of the molecule is CC1C(=O)C(=O)N(c2ccc3nc[nH]c3c2)C1C1CCC(Oc2ccccc2)CC1. The number of imidazole rings is 1. The predicted molar refractivity (Wildman–Crippen MR) is 114 cm³/mol. The smallest absolute Gasteiger partial charge is 0.295 e. The van der Waals surface area contributed by atoms with E-state index in [1.807, 2.05) is 55.5 Å². The molecule has 2 fully saturated rings. The topological polar surface area (TPSA) is 75.3 Å². The number of ketones is 1. The summed E-state index contributed by atoms with van der Waals surface area (Å²) in [5, 5.41) is 0. The minimum atomic E-state index is -0.394. The summed E-state index contributed by atoms with van der Waals surface area (Å²) in [5.41, 5.74) is 2.48. The number of carbonyl (C=O) groups is 2. The largest absolute Gasteiger partial charge is 0.490 e. The van der Waals surface area contributed by atoms with Gasteiger partial charge >= 0.3 is 0 Å². The van der Waals surface area contributed by atoms with Gasteiger partial charge in [0.15, 0.2) is 0 Å². The third-order valence-electron chi connectivity index (χ3n) is 6.58. The Balaban J connectivity index is 1.35. The van der Waals surface area contributed by atoms with E-state index in [2.05, 4.69) is 9.97 Å². The molecule has 0 radical (unpaired) electrons. The number of Topliss-reactive ketones (excluding diaryl/α,β-unsaturated/α-hetero) is 1. The number of nitrogens with zero attached hydrogens (tertiary/aromatic N) is 2. The number of hydrogen-bond donors (Lipinski definition) is 1. The van der Waals surface area contributed by atoms with E-state index in [-0.39, 0.29) is 29.8 Å². The van der Waals surface area contributed by atoms with Crippen molar-refractivity contribution in [3.8, 4) is 5.75 Å². The van der Waals surface area contributed by atoms with Crippen LogP contribution < -0.4 is 9.64 Å². The first-order valence-electron chi connectivity index (χ1n) is 10.6. The predicted octanol–water partition coefficient (Wildman–Crippen LogP) is 4.12. The van der Waals surface area contributed by atoms with Crippen LogP contribution in [0.25, 0.3) is 11.0 Å². The van der Waals surface area contributed by atoms with Crippen LogP contribution in [0, 0.1) is 11.8 Å². The van der Waals surface area contributed by atoms with Gasteiger partial charge in [0.2, 0.25) is 5.78 Å². The van der Waals surface area contributed by atoms with Crippen LogP contribution in [-0.4, -0.2) is 33.8 Å². The highest BCUT2D eigenvalue weighted by Crippen LogP contribution is 2.40. The third-order valence-corrected chi connectivity index (χ3v) is 6.58. The molecule has 1 aliphatic carbocycles. The molecule has 2 aromatic carbocycles. The normalized spacial score (nSPS) is 27.0. The fourth-order valence-corrected chi connectivity index (χ4v) is 5.05. The number of para-hydroxylation sites is 1. The highest BCUT2D eigenvalue weighted by Gasteiger charge is 2.49. The molecule has 1 amide bonds. The van der Waals surface area contributed by atoms with Gasteiger partial charge in [0, 0.05) is 11.6 Å². The highest BCUT2D eigenvalue weighted by atomic mass is 16.5. The molecule has 5 rings (SSSR count). The average molecular weight is 403 g/mol. The molecule has 1 saturated carbocycles. The molecule has 1 aliphatic heterocycles. The molecular formula is C24H25N3O3. The van der Waals surface area contributed by atoms with Crippen molar-refractivity contribution < 1.29 is 14.3 Å². The van der Waals surface area contributed by atoms with Crippen LogP contribution in [0.4, 0.5) is 5.69 Å². The number of aromatic amines is 1. The van der Waals surface area contributed by atoms with E-state index in [9.17, 15) is 9.59 Å². The minimum Gasteiger partial charge on any atom is -0.490 e. The van der Waals surface area contributed by atoms with Crippen LogP contribution in [-0.2, 0) is 9.59 Å². The summed E-state index contributed by atoms with van der Waals surface area (Å²) < 4.78 is 6.13. The average Bonchev–Trinajstić information content (AvgIpc) is 3.33. The third kappa shape index (κ3) is 3.26. The van der Waals surface area contributed by atoms with Crippen LogP contribution in [0.3, 0.4) is 0 Å². The first-order valence-corrected chi connectivity index (χ1v) is 10.6. The first kappa shape index (κ1) is 18.9. The molecule has 6 heteroatoms. The molecule has 0 spiro atoms. The molecule has 0 bridgehead atoms. The molecule has 3 aromatic rings. The lowest BCUT2D eigenvalue weighted by atomic mass is 9.78. The maximum Gasteiger partial charge on any atom is 0.295 e. The fourth-order valence-electron chi connectivity index (χ4n) is 5.05. The molecule has 2 atom stereocenters. The molecule has 2 heterocycles. The van der Waals surface area contributed by atoms with Gasteiger partial charge in [-0.15, -0.1) is 0 Å². The zero-order chi connectivity index (χ0) is 20.7. The van der Waals surface area contributed by atoms with E-state index >= 15 is 0 Å². The lowest BCUT2D eigenvalue weighted by Crippen LogP contribution is -2.43. The van der Waals surface area contributed by atoms with Gasteiger partial charge in [0.1, 0.15) is 5.75 Å². The first-order chi connectivity index (χ1) is 14.6. The number of aromatic nitrogens is 2. The molecule has 30 heavy (non-hydrogen) atoms. The second kappa shape index (κ2) is 7.59. The second-order valence-electron chi connectivity index (χ2n) is 8.39. The molecule has 154 valence electrons. The van der Waals surface area contributed by atoms with E-state index in [1.54, 1.807) is 11.2 Å². The fraction of sp³-hybridized carbons (Fsp3) is 0.375. The van der Waals surface area contributed by atoms with Gasteiger partial charge < -0.3 is 14.6 Å². The van der Waals surface area contributed by atoms with Crippen molar-refractivity contribution in [2.24, 2.45) is 11.8 Å². The van der Waals surface area contributed by atoms with Crippen LogP contribution in [0.15, 0.2) is 54.9 Å². The number of fused-ring (bicyclic) bond motifs is 1. The van der Waals surface area contributed by atoms with E-state index in [0.29, 0.717) is 0 Å². The van der Waals surface area contributed by atoms with Gasteiger partial charge in [0.25, 0.3) is 5.91 Å². The maximum atomic E-state index is 12.9. The van der Waals surface area contributed by atoms with Gasteiger partial charge in [-0.2, -0.15) is 0 Å². The van der Waals surface area contributed by atoms with Gasteiger partial charge in [-0.1, -0.05) is 25.1 Å². The van der Waals surface area contributed by atoms with Crippen LogP contribution in [0.1, 0.15) is 32.6 Å². The van der Waals surface area contributed by atoms with Gasteiger partial charge in [-0.25, -0.2) is 4.98 Å². The van der Waals surface area contributed by atoms with Crippen molar-refractivity contribution in [2.45, 2.75) is 44.8 Å². The number of rotatable bonds is 4. The van der Waals surface area contributed by atoms with Crippen molar-refractivity contribution in [3.05, 3.63) is 54.9 Å². The number of amides is 1. The lowest BCUT2D eigenvalue weighted by Gasteiger charge is -2.37. The Morgan fingerprint density at radius 3 is 2.57 bits per heavy atom. The Kier molecular flexibility index (Phi) is 4.77. The summed E-state index contributed by atoms with van der Waals surface area (Å²) in [7, 11) is 0. The second-order valence-corrected chi connectivity index (χ2v) is 8.39. The number of ether oxygens (including phenoxy) is 1. The van der Waals surface area contributed by atoms with Crippen molar-refractivity contribution in [2.75, 3.05) is 4.90 Å². The Hall–Kier alpha value is -3.15. The van der Waals surface area contributed by atoms with Crippen molar-refractivity contribution in [3.63, 3.8) is 0 Å². The van der Waals surface area contributed by atoms with Crippen molar-refractivity contribution in [1.82, 2.24) is 9.97 Å². The van der Waals surface area contributed by atoms with Gasteiger partial charge in [-0.3, -0.25) is 9.59 Å². The summed E-state index contributed by atoms with van der Waals surface area (Å²) in [4.78, 5) is 34.6. The Bertz CT molecular complexity index is 1070. The molecule has 1 saturated heterocycles. The van der Waals surface area contributed by atoms with E-state index in [4.69, 9.17) is 4.74 Å². The maximum absolute atomic E-state index is 12.9. The van der Waals surface area contributed by atoms with Crippen LogP contribution >= 0.6 is 0 Å². The molecular weight excluding hydrogens is 378 g/mol. The summed E-state index contributed by atoms with van der Waals surface area (Å²) >= 11 is 0. The Labute approximate surface area is 175 Å². The zero-order valence-corrected chi connectivity index (χ0v) is 17.0. The van der Waals surface area contributed by atoms with Gasteiger partial charge in [0.05, 0.1) is 29.5 Å². The number of carbonyl (C=O) groups excluding carboxylic acids is 2. The van der Waals surface area contributed by atoms with Crippen molar-refractivity contribution in [1.29, 1.82) is 0 Å². The standard InChI is InChI=1S/C24H25N3O3/c1-15-22(16-7-10-19(11-8-16)30-18-5-3-2-4-6-18)27(24(29)23(15)28)17-9-12-20-21(13-17)26-14-25-20/h2-6,9,12-16,19,22H,7-8,10-11H2,1H3,(H,25,26). The Morgan fingerprint density at radius 1 is 1.03 bits per heavy atom. The molecule has 6 nitrogen and oxygen atoms in total. The molecule has 2 unspecified atom stereocenters. The Morgan fingerprint density at radius 2 is 1.80 bits per heavy atom. The summed E-state index contributed by atoms with van der Waals surface area (Å²) in [5.74, 6) is 0.200. The van der Waals surface area contributed by atoms with E-state index < -0.39 is 5.91 Å². The van der Waals surface area contributed by atoms with Crippen LogP contribution in [0.2, 0.25) is 0 Å². The summed E-state index contributed by atoms with van der Waals surface area (Å²) in [6, 6.07) is 15.5. The van der Waals surface area contributed by atoms with Crippen LogP contribution in [0.5, 0.6) is 5.75 Å². The molecule has 1 aromatic heterocycles. The summed E-state index contributed by atoms with van der Waals surface area (Å²) in [6.45, 7) is 1.90. The monoisotopic (exact) mass is 403 g/mol. The quantitative estimate of drug-likeness (QED) is 0.665. The van der Waals surface area contributed by atoms with Crippen molar-refractivity contribution >= 4 is 28.4 Å². The number of anilines is 1. The van der Waals surface area contributed by atoms with E-state index in [1.165, 1.54) is 0 Å².